The van der Waals surface area contributed by atoms with Crippen molar-refractivity contribution in [2.75, 3.05) is 7.11 Å². The maximum absolute atomic E-state index is 9.07. The third kappa shape index (κ3) is 1.88. The molecule has 0 aliphatic carbocycles. The highest BCUT2D eigenvalue weighted by Crippen LogP contribution is 2.21. The molecule has 0 aliphatic heterocycles. The molecule has 2 aromatic rings. The molecule has 1 N–H and O–H groups in total. The Bertz CT molecular complexity index is 514. The molecular formula is C12H14BNO2. The number of methoxy groups -OCH3 is 1. The summed E-state index contributed by atoms with van der Waals surface area (Å²) in [6.45, 7) is 2.08. The van der Waals surface area contributed by atoms with Gasteiger partial charge in [0.15, 0.2) is 0 Å². The van der Waals surface area contributed by atoms with Crippen molar-refractivity contribution in [3.63, 3.8) is 0 Å². The number of pyridine rings is 1. The van der Waals surface area contributed by atoms with Crippen LogP contribution in [0.2, 0.25) is 0 Å². The lowest BCUT2D eigenvalue weighted by atomic mass is 9.88. The quantitative estimate of drug-likeness (QED) is 0.769. The van der Waals surface area contributed by atoms with Gasteiger partial charge in [-0.2, -0.15) is 0 Å². The smallest absolute Gasteiger partial charge is 0.304 e. The van der Waals surface area contributed by atoms with Crippen molar-refractivity contribution in [1.29, 1.82) is 0 Å². The molecule has 3 nitrogen and oxygen atoms in total. The fraction of sp³-hybridized carbons (Fsp3) is 0.250. The van der Waals surface area contributed by atoms with E-state index in [0.29, 0.717) is 5.88 Å². The van der Waals surface area contributed by atoms with Gasteiger partial charge in [-0.3, -0.25) is 0 Å². The monoisotopic (exact) mass is 215 g/mol. The lowest BCUT2D eigenvalue weighted by Gasteiger charge is -2.08. The summed E-state index contributed by atoms with van der Waals surface area (Å²) in [6, 6.07) is 7.86. The second kappa shape index (κ2) is 4.53. The summed E-state index contributed by atoms with van der Waals surface area (Å²) in [4.78, 5) is 4.44. The molecule has 0 saturated carbocycles. The molecule has 1 heterocycles. The Kier molecular flexibility index (Phi) is 3.10. The van der Waals surface area contributed by atoms with Crippen LogP contribution in [0, 0.1) is 0 Å². The molecule has 0 radical (unpaired) electrons. The van der Waals surface area contributed by atoms with E-state index in [1.807, 2.05) is 18.2 Å². The molecular weight excluding hydrogens is 201 g/mol. The van der Waals surface area contributed by atoms with Crippen molar-refractivity contribution in [3.8, 4) is 5.88 Å². The van der Waals surface area contributed by atoms with Gasteiger partial charge in [0.05, 0.1) is 12.6 Å². The Hall–Kier alpha value is -1.55. The maximum atomic E-state index is 9.07. The number of aromatic nitrogens is 1. The normalized spacial score (nSPS) is 10.4. The molecule has 82 valence electrons. The van der Waals surface area contributed by atoms with Crippen molar-refractivity contribution in [1.82, 2.24) is 4.98 Å². The number of ether oxygens (including phenoxy) is 1. The van der Waals surface area contributed by atoms with Crippen molar-refractivity contribution in [3.05, 3.63) is 29.8 Å². The average molecular weight is 215 g/mol. The number of hydrogen-bond donors (Lipinski definition) is 1. The largest absolute Gasteiger partial charge is 0.481 e. The van der Waals surface area contributed by atoms with Crippen LogP contribution in [0.15, 0.2) is 24.3 Å². The van der Waals surface area contributed by atoms with Crippen LogP contribution in [0.1, 0.15) is 12.5 Å². The summed E-state index contributed by atoms with van der Waals surface area (Å²) in [5.41, 5.74) is 2.83. The lowest BCUT2D eigenvalue weighted by molar-refractivity contribution is 0.395. The summed E-state index contributed by atoms with van der Waals surface area (Å²) >= 11 is 0. The van der Waals surface area contributed by atoms with Gasteiger partial charge in [-0.1, -0.05) is 24.5 Å². The standard InChI is InChI=1S/C12H14BNO2/c1-3-8-6-9-4-5-10(13-15)7-11(9)14-12(8)16-2/h4-7,13,15H,3H2,1-2H3. The molecule has 0 atom stereocenters. The van der Waals surface area contributed by atoms with Gasteiger partial charge in [0.1, 0.15) is 0 Å². The van der Waals surface area contributed by atoms with Crippen LogP contribution in [0.25, 0.3) is 10.9 Å². The fourth-order valence-corrected chi connectivity index (χ4v) is 1.77. The van der Waals surface area contributed by atoms with Gasteiger partial charge in [-0.05, 0) is 18.6 Å². The van der Waals surface area contributed by atoms with Gasteiger partial charge in [0, 0.05) is 10.9 Å². The summed E-state index contributed by atoms with van der Waals surface area (Å²) in [7, 11) is 1.67. The van der Waals surface area contributed by atoms with Crippen molar-refractivity contribution >= 4 is 23.8 Å². The Labute approximate surface area is 95.4 Å². The Morgan fingerprint density at radius 3 is 2.81 bits per heavy atom. The zero-order chi connectivity index (χ0) is 11.5. The van der Waals surface area contributed by atoms with Gasteiger partial charge in [-0.25, -0.2) is 4.98 Å². The summed E-state index contributed by atoms with van der Waals surface area (Å²) in [5.74, 6) is 0.671. The van der Waals surface area contributed by atoms with Gasteiger partial charge in [0.2, 0.25) is 5.88 Å². The Balaban J connectivity index is 2.63. The molecule has 2 rings (SSSR count). The number of fused-ring (bicyclic) bond motifs is 1. The molecule has 0 spiro atoms. The van der Waals surface area contributed by atoms with Crippen LogP contribution in [0.5, 0.6) is 5.88 Å². The number of aryl methyl sites for hydroxylation is 1. The molecule has 0 fully saturated rings. The van der Waals surface area contributed by atoms with Crippen LogP contribution < -0.4 is 10.2 Å². The number of rotatable bonds is 3. The Morgan fingerprint density at radius 1 is 1.38 bits per heavy atom. The minimum atomic E-state index is 0.0372. The minimum absolute atomic E-state index is 0.0372. The summed E-state index contributed by atoms with van der Waals surface area (Å²) < 4.78 is 5.24. The van der Waals surface area contributed by atoms with Gasteiger partial charge in [0.25, 0.3) is 0 Å². The van der Waals surface area contributed by atoms with Gasteiger partial charge < -0.3 is 9.76 Å². The summed E-state index contributed by atoms with van der Waals surface area (Å²) in [5, 5.41) is 10.1. The van der Waals surface area contributed by atoms with E-state index in [9.17, 15) is 0 Å². The van der Waals surface area contributed by atoms with E-state index in [1.165, 1.54) is 0 Å². The van der Waals surface area contributed by atoms with Crippen molar-refractivity contribution in [2.45, 2.75) is 13.3 Å². The highest BCUT2D eigenvalue weighted by Gasteiger charge is 2.06. The minimum Gasteiger partial charge on any atom is -0.481 e. The first-order valence-electron chi connectivity index (χ1n) is 5.36. The zero-order valence-electron chi connectivity index (χ0n) is 9.53. The summed E-state index contributed by atoms with van der Waals surface area (Å²) in [6.07, 6.45) is 0.897. The highest BCUT2D eigenvalue weighted by atomic mass is 16.5. The topological polar surface area (TPSA) is 42.4 Å². The third-order valence-electron chi connectivity index (χ3n) is 2.68. The molecule has 0 aliphatic rings. The SMILES string of the molecule is CCc1cc2ccc(BO)cc2nc1OC. The lowest BCUT2D eigenvalue weighted by Crippen LogP contribution is -2.12. The van der Waals surface area contributed by atoms with E-state index in [0.717, 1.165) is 28.4 Å². The number of hydrogen-bond acceptors (Lipinski definition) is 3. The molecule has 16 heavy (non-hydrogen) atoms. The second-order valence-corrected chi connectivity index (χ2v) is 3.70. The predicted octanol–water partition coefficient (Wildman–Crippen LogP) is 0.775. The van der Waals surface area contributed by atoms with E-state index in [2.05, 4.69) is 18.0 Å². The first-order chi connectivity index (χ1) is 7.78. The Morgan fingerprint density at radius 2 is 2.19 bits per heavy atom. The molecule has 4 heteroatoms. The van der Waals surface area contributed by atoms with E-state index in [-0.39, 0.29) is 7.48 Å². The van der Waals surface area contributed by atoms with E-state index in [4.69, 9.17) is 9.76 Å². The van der Waals surface area contributed by atoms with Crippen LogP contribution in [-0.2, 0) is 6.42 Å². The van der Waals surface area contributed by atoms with Crippen LogP contribution in [0.4, 0.5) is 0 Å². The molecule has 1 aromatic heterocycles. The van der Waals surface area contributed by atoms with Crippen molar-refractivity contribution in [2.24, 2.45) is 0 Å². The van der Waals surface area contributed by atoms with Crippen LogP contribution >= 0.6 is 0 Å². The van der Waals surface area contributed by atoms with E-state index in [1.54, 1.807) is 7.11 Å². The highest BCUT2D eigenvalue weighted by molar-refractivity contribution is 6.45. The molecule has 0 amide bonds. The first-order valence-corrected chi connectivity index (χ1v) is 5.36. The van der Waals surface area contributed by atoms with Crippen LogP contribution in [-0.4, -0.2) is 24.6 Å². The second-order valence-electron chi connectivity index (χ2n) is 3.70. The molecule has 0 unspecified atom stereocenters. The predicted molar refractivity (Wildman–Crippen MR) is 66.7 cm³/mol. The van der Waals surface area contributed by atoms with E-state index >= 15 is 0 Å². The number of nitrogens with zero attached hydrogens (tertiary/aromatic N) is 1. The van der Waals surface area contributed by atoms with Crippen LogP contribution in [0.3, 0.4) is 0 Å². The average Bonchev–Trinajstić information content (AvgIpc) is 2.36. The molecule has 0 bridgehead atoms. The van der Waals surface area contributed by atoms with Gasteiger partial charge >= 0.3 is 7.48 Å². The first kappa shape index (κ1) is 11.0. The van der Waals surface area contributed by atoms with Crippen molar-refractivity contribution < 1.29 is 9.76 Å². The zero-order valence-corrected chi connectivity index (χ0v) is 9.53. The molecule has 1 aromatic carbocycles. The third-order valence-corrected chi connectivity index (χ3v) is 2.68. The van der Waals surface area contributed by atoms with Gasteiger partial charge in [-0.15, -0.1) is 0 Å². The number of benzene rings is 1. The fourth-order valence-electron chi connectivity index (χ4n) is 1.77. The maximum Gasteiger partial charge on any atom is 0.304 e. The molecule has 0 saturated heterocycles. The van der Waals surface area contributed by atoms with E-state index < -0.39 is 0 Å².